The van der Waals surface area contributed by atoms with Crippen LogP contribution in [0.2, 0.25) is 0 Å². The van der Waals surface area contributed by atoms with Crippen molar-refractivity contribution in [3.63, 3.8) is 0 Å². The van der Waals surface area contributed by atoms with Crippen molar-refractivity contribution in [2.45, 2.75) is 25.2 Å². The van der Waals surface area contributed by atoms with Crippen LogP contribution in [0.1, 0.15) is 29.8 Å². The normalized spacial score (nSPS) is 10.4. The van der Waals surface area contributed by atoms with Gasteiger partial charge in [-0.3, -0.25) is 4.79 Å². The number of carbonyl (C=O) groups excluding carboxylic acids is 1. The highest BCUT2D eigenvalue weighted by Crippen LogP contribution is 2.19. The van der Waals surface area contributed by atoms with Crippen LogP contribution >= 0.6 is 11.8 Å². The molecule has 0 radical (unpaired) electrons. The van der Waals surface area contributed by atoms with Gasteiger partial charge in [-0.1, -0.05) is 31.2 Å². The van der Waals surface area contributed by atoms with E-state index in [1.807, 2.05) is 36.4 Å². The zero-order valence-corrected chi connectivity index (χ0v) is 13.3. The number of carbonyl (C=O) groups is 1. The van der Waals surface area contributed by atoms with Crippen LogP contribution in [-0.4, -0.2) is 18.1 Å². The number of ketones is 1. The standard InChI is InChI=1S/C18H20O2S/c1-3-15-5-4-6-17(13-15)20-11-12-21-18-9-7-16(8-10-18)14(2)19/h4-10,13H,3,11-12H2,1-2H3. The highest BCUT2D eigenvalue weighted by Gasteiger charge is 2.00. The number of ether oxygens (including phenoxy) is 1. The van der Waals surface area contributed by atoms with Crippen molar-refractivity contribution < 1.29 is 9.53 Å². The van der Waals surface area contributed by atoms with E-state index in [-0.39, 0.29) is 5.78 Å². The van der Waals surface area contributed by atoms with Crippen LogP contribution in [0.25, 0.3) is 0 Å². The fraction of sp³-hybridized carbons (Fsp3) is 0.278. The molecule has 3 heteroatoms. The van der Waals surface area contributed by atoms with Crippen LogP contribution in [-0.2, 0) is 6.42 Å². The summed E-state index contributed by atoms with van der Waals surface area (Å²) in [6, 6.07) is 15.9. The highest BCUT2D eigenvalue weighted by atomic mass is 32.2. The maximum atomic E-state index is 11.2. The molecule has 0 aliphatic carbocycles. The third-order valence-corrected chi connectivity index (χ3v) is 4.16. The summed E-state index contributed by atoms with van der Waals surface area (Å²) in [5, 5.41) is 0. The van der Waals surface area contributed by atoms with Gasteiger partial charge in [-0.2, -0.15) is 0 Å². The first-order chi connectivity index (χ1) is 10.2. The first-order valence-electron chi connectivity index (χ1n) is 7.14. The Hall–Kier alpha value is -1.74. The quantitative estimate of drug-likeness (QED) is 0.424. The molecule has 0 amide bonds. The second kappa shape index (κ2) is 7.89. The first kappa shape index (κ1) is 15.6. The van der Waals surface area contributed by atoms with Crippen molar-refractivity contribution >= 4 is 17.5 Å². The second-order valence-electron chi connectivity index (χ2n) is 4.78. The number of Topliss-reactive ketones (excluding diaryl/α,β-unsaturated/α-hetero) is 1. The van der Waals surface area contributed by atoms with Crippen LogP contribution < -0.4 is 4.74 Å². The Kier molecular flexibility index (Phi) is 5.88. The molecule has 0 bridgehead atoms. The van der Waals surface area contributed by atoms with E-state index in [1.165, 1.54) is 5.56 Å². The summed E-state index contributed by atoms with van der Waals surface area (Å²) >= 11 is 1.73. The molecule has 2 aromatic rings. The van der Waals surface area contributed by atoms with Gasteiger partial charge in [0.2, 0.25) is 0 Å². The summed E-state index contributed by atoms with van der Waals surface area (Å²) in [4.78, 5) is 12.4. The van der Waals surface area contributed by atoms with Crippen LogP contribution in [0.4, 0.5) is 0 Å². The maximum Gasteiger partial charge on any atom is 0.159 e. The van der Waals surface area contributed by atoms with Crippen molar-refractivity contribution in [3.8, 4) is 5.75 Å². The van der Waals surface area contributed by atoms with E-state index in [2.05, 4.69) is 19.1 Å². The van der Waals surface area contributed by atoms with Crippen LogP contribution in [0.5, 0.6) is 5.75 Å². The minimum Gasteiger partial charge on any atom is -0.493 e. The molecular formula is C18H20O2S. The van der Waals surface area contributed by atoms with Crippen LogP contribution in [0, 0.1) is 0 Å². The van der Waals surface area contributed by atoms with Crippen LogP contribution in [0.3, 0.4) is 0 Å². The van der Waals surface area contributed by atoms with Gasteiger partial charge < -0.3 is 4.74 Å². The van der Waals surface area contributed by atoms with Gasteiger partial charge >= 0.3 is 0 Å². The lowest BCUT2D eigenvalue weighted by Gasteiger charge is -2.07. The molecule has 0 fully saturated rings. The van der Waals surface area contributed by atoms with E-state index < -0.39 is 0 Å². The zero-order chi connectivity index (χ0) is 15.1. The molecule has 0 saturated carbocycles. The number of benzene rings is 2. The SMILES string of the molecule is CCc1cccc(OCCSc2ccc(C(C)=O)cc2)c1. The Morgan fingerprint density at radius 1 is 1.14 bits per heavy atom. The lowest BCUT2D eigenvalue weighted by molar-refractivity contribution is 0.101. The molecule has 0 aliphatic heterocycles. The minimum absolute atomic E-state index is 0.102. The average molecular weight is 300 g/mol. The number of hydrogen-bond acceptors (Lipinski definition) is 3. The number of hydrogen-bond donors (Lipinski definition) is 0. The van der Waals surface area contributed by atoms with E-state index >= 15 is 0 Å². The summed E-state index contributed by atoms with van der Waals surface area (Å²) in [6.45, 7) is 4.40. The predicted octanol–water partition coefficient (Wildman–Crippen LogP) is 4.62. The van der Waals surface area contributed by atoms with Crippen molar-refractivity contribution in [2.24, 2.45) is 0 Å². The second-order valence-corrected chi connectivity index (χ2v) is 5.95. The third-order valence-electron chi connectivity index (χ3n) is 3.19. The van der Waals surface area contributed by atoms with Gasteiger partial charge in [0.05, 0.1) is 6.61 Å². The van der Waals surface area contributed by atoms with E-state index in [1.54, 1.807) is 18.7 Å². The fourth-order valence-electron chi connectivity index (χ4n) is 1.96. The van der Waals surface area contributed by atoms with Crippen molar-refractivity contribution in [3.05, 3.63) is 59.7 Å². The molecule has 110 valence electrons. The highest BCUT2D eigenvalue weighted by molar-refractivity contribution is 7.99. The molecule has 0 unspecified atom stereocenters. The maximum absolute atomic E-state index is 11.2. The molecule has 0 aliphatic rings. The minimum atomic E-state index is 0.102. The van der Waals surface area contributed by atoms with E-state index in [0.717, 1.165) is 28.4 Å². The lowest BCUT2D eigenvalue weighted by atomic mass is 10.2. The Morgan fingerprint density at radius 2 is 1.90 bits per heavy atom. The van der Waals surface area contributed by atoms with Crippen LogP contribution in [0.15, 0.2) is 53.4 Å². The lowest BCUT2D eigenvalue weighted by Crippen LogP contribution is -2.00. The summed E-state index contributed by atoms with van der Waals surface area (Å²) in [6.07, 6.45) is 1.02. The molecule has 2 nitrogen and oxygen atoms in total. The Balaban J connectivity index is 1.77. The molecule has 2 aromatic carbocycles. The van der Waals surface area contributed by atoms with Gasteiger partial charge in [0.25, 0.3) is 0 Å². The van der Waals surface area contributed by atoms with Crippen molar-refractivity contribution in [1.29, 1.82) is 0 Å². The van der Waals surface area contributed by atoms with E-state index in [9.17, 15) is 4.79 Å². The van der Waals surface area contributed by atoms with Gasteiger partial charge in [0, 0.05) is 16.2 Å². The predicted molar refractivity (Wildman–Crippen MR) is 88.5 cm³/mol. The summed E-state index contributed by atoms with van der Waals surface area (Å²) in [5.41, 5.74) is 2.05. The largest absolute Gasteiger partial charge is 0.493 e. The molecule has 0 aromatic heterocycles. The summed E-state index contributed by atoms with van der Waals surface area (Å²) < 4.78 is 5.76. The van der Waals surface area contributed by atoms with Gasteiger partial charge in [-0.15, -0.1) is 11.8 Å². The number of rotatable bonds is 7. The smallest absolute Gasteiger partial charge is 0.159 e. The molecule has 21 heavy (non-hydrogen) atoms. The molecular weight excluding hydrogens is 280 g/mol. The van der Waals surface area contributed by atoms with Gasteiger partial charge in [0.15, 0.2) is 5.78 Å². The summed E-state index contributed by atoms with van der Waals surface area (Å²) in [5.74, 6) is 1.92. The molecule has 0 spiro atoms. The van der Waals surface area contributed by atoms with Crippen molar-refractivity contribution in [1.82, 2.24) is 0 Å². The molecule has 0 atom stereocenters. The molecule has 0 N–H and O–H groups in total. The first-order valence-corrected chi connectivity index (χ1v) is 8.13. The monoisotopic (exact) mass is 300 g/mol. The van der Waals surface area contributed by atoms with Gasteiger partial charge in [-0.25, -0.2) is 0 Å². The van der Waals surface area contributed by atoms with E-state index in [0.29, 0.717) is 6.61 Å². The number of thioether (sulfide) groups is 1. The molecule has 0 saturated heterocycles. The van der Waals surface area contributed by atoms with Crippen molar-refractivity contribution in [2.75, 3.05) is 12.4 Å². The van der Waals surface area contributed by atoms with Gasteiger partial charge in [0.1, 0.15) is 5.75 Å². The molecule has 2 rings (SSSR count). The summed E-state index contributed by atoms with van der Waals surface area (Å²) in [7, 11) is 0. The zero-order valence-electron chi connectivity index (χ0n) is 12.5. The Labute approximate surface area is 130 Å². The fourth-order valence-corrected chi connectivity index (χ4v) is 2.69. The average Bonchev–Trinajstić information content (AvgIpc) is 2.52. The topological polar surface area (TPSA) is 26.3 Å². The Morgan fingerprint density at radius 3 is 2.57 bits per heavy atom. The number of aryl methyl sites for hydroxylation is 1. The third kappa shape index (κ3) is 4.94. The molecule has 0 heterocycles. The van der Waals surface area contributed by atoms with Gasteiger partial charge in [-0.05, 0) is 43.2 Å². The Bertz CT molecular complexity index is 590. The van der Waals surface area contributed by atoms with E-state index in [4.69, 9.17) is 4.74 Å².